The summed E-state index contributed by atoms with van der Waals surface area (Å²) >= 11 is 0. The number of ether oxygens (including phenoxy) is 4. The summed E-state index contributed by atoms with van der Waals surface area (Å²) in [5, 5.41) is 9.42. The average molecular weight is 512 g/mol. The fourth-order valence-corrected chi connectivity index (χ4v) is 5.69. The zero-order valence-electron chi connectivity index (χ0n) is 22.4. The van der Waals surface area contributed by atoms with Gasteiger partial charge in [-0.3, -0.25) is 4.79 Å². The summed E-state index contributed by atoms with van der Waals surface area (Å²) in [4.78, 5) is 13.8. The Hall–Kier alpha value is -2.77. The van der Waals surface area contributed by atoms with E-state index in [9.17, 15) is 9.90 Å². The van der Waals surface area contributed by atoms with E-state index in [2.05, 4.69) is 35.2 Å². The third-order valence-corrected chi connectivity index (χ3v) is 7.77. The molecule has 1 N–H and O–H groups in total. The van der Waals surface area contributed by atoms with Crippen molar-refractivity contribution in [2.45, 2.75) is 57.7 Å². The summed E-state index contributed by atoms with van der Waals surface area (Å²) in [5.74, 6) is 1.31. The van der Waals surface area contributed by atoms with E-state index in [-0.39, 0.29) is 17.9 Å². The number of aliphatic carboxylic acids is 1. The molecule has 1 fully saturated rings. The largest absolute Gasteiger partial charge is 0.497 e. The van der Waals surface area contributed by atoms with Crippen LogP contribution in [0.3, 0.4) is 0 Å². The highest BCUT2D eigenvalue weighted by atomic mass is 16.5. The van der Waals surface area contributed by atoms with Crippen molar-refractivity contribution >= 4 is 11.7 Å². The van der Waals surface area contributed by atoms with Crippen molar-refractivity contribution < 1.29 is 28.8 Å². The van der Waals surface area contributed by atoms with Gasteiger partial charge in [0.15, 0.2) is 0 Å². The molecule has 2 aromatic carbocycles. The van der Waals surface area contributed by atoms with Crippen LogP contribution in [0.15, 0.2) is 42.5 Å². The first-order valence-electron chi connectivity index (χ1n) is 13.5. The number of nitrogens with zero attached hydrogens (tertiary/aromatic N) is 1. The summed E-state index contributed by atoms with van der Waals surface area (Å²) < 4.78 is 23.1. The molecule has 1 unspecified atom stereocenters. The van der Waals surface area contributed by atoms with E-state index in [1.54, 1.807) is 14.2 Å². The van der Waals surface area contributed by atoms with Crippen LogP contribution in [-0.2, 0) is 20.9 Å². The van der Waals surface area contributed by atoms with Gasteiger partial charge in [-0.15, -0.1) is 0 Å². The highest BCUT2D eigenvalue weighted by Crippen LogP contribution is 2.41. The van der Waals surface area contributed by atoms with Crippen LogP contribution in [0.1, 0.15) is 56.1 Å². The number of benzene rings is 2. The minimum absolute atomic E-state index is 0.0786. The fourth-order valence-electron chi connectivity index (χ4n) is 5.69. The molecule has 0 radical (unpaired) electrons. The van der Waals surface area contributed by atoms with Crippen molar-refractivity contribution in [1.82, 2.24) is 0 Å². The van der Waals surface area contributed by atoms with E-state index in [1.165, 1.54) is 5.56 Å². The van der Waals surface area contributed by atoms with Crippen LogP contribution >= 0.6 is 0 Å². The number of methoxy groups -OCH3 is 2. The lowest BCUT2D eigenvalue weighted by Gasteiger charge is -2.37. The molecule has 0 aromatic heterocycles. The Bertz CT molecular complexity index is 1010. The first kappa shape index (κ1) is 27.3. The molecule has 4 atom stereocenters. The standard InChI is InChI=1S/C30H41NO6/c1-21(30(32)33)17-22-5-11-28(26(18-22)24-7-9-25(35-3)10-8-24)37-20-23-6-12-29-27(19-23)31(14-16-36-29)13-4-15-34-2/h6-10,12,19,21-22,26,28H,4-5,11,13-18,20H2,1-3H3,(H,32,33)/t21?,22-,26+,28-/m0/s1. The van der Waals surface area contributed by atoms with E-state index in [1.807, 2.05) is 19.1 Å². The maximum absolute atomic E-state index is 11.5. The zero-order chi connectivity index (χ0) is 26.2. The molecule has 0 bridgehead atoms. The summed E-state index contributed by atoms with van der Waals surface area (Å²) in [6, 6.07) is 14.6. The van der Waals surface area contributed by atoms with Gasteiger partial charge in [-0.05, 0) is 73.4 Å². The first-order chi connectivity index (χ1) is 18.0. The number of carbonyl (C=O) groups is 1. The summed E-state index contributed by atoms with van der Waals surface area (Å²) in [7, 11) is 3.41. The second-order valence-electron chi connectivity index (χ2n) is 10.4. The number of anilines is 1. The Morgan fingerprint density at radius 3 is 2.70 bits per heavy atom. The minimum atomic E-state index is -0.716. The van der Waals surface area contributed by atoms with Gasteiger partial charge in [0.05, 0.1) is 38.0 Å². The number of rotatable bonds is 12. The number of hydrogen-bond acceptors (Lipinski definition) is 6. The highest BCUT2D eigenvalue weighted by molar-refractivity contribution is 5.69. The Morgan fingerprint density at radius 2 is 1.97 bits per heavy atom. The lowest BCUT2D eigenvalue weighted by Crippen LogP contribution is -2.34. The predicted octanol–water partition coefficient (Wildman–Crippen LogP) is 5.51. The van der Waals surface area contributed by atoms with Crippen LogP contribution in [0, 0.1) is 11.8 Å². The number of fused-ring (bicyclic) bond motifs is 1. The Kier molecular flexibility index (Phi) is 9.69. The van der Waals surface area contributed by atoms with Crippen molar-refractivity contribution in [1.29, 1.82) is 0 Å². The molecule has 2 aliphatic rings. The molecule has 1 saturated carbocycles. The summed E-state index contributed by atoms with van der Waals surface area (Å²) in [5.41, 5.74) is 3.49. The molecule has 1 heterocycles. The maximum Gasteiger partial charge on any atom is 0.306 e. The topological polar surface area (TPSA) is 77.5 Å². The molecule has 4 rings (SSSR count). The Labute approximate surface area is 220 Å². The molecule has 7 heteroatoms. The van der Waals surface area contributed by atoms with Crippen molar-refractivity contribution in [3.8, 4) is 11.5 Å². The number of hydrogen-bond donors (Lipinski definition) is 1. The molecule has 2 aromatic rings. The Balaban J connectivity index is 1.46. The zero-order valence-corrected chi connectivity index (χ0v) is 22.4. The molecule has 1 aliphatic heterocycles. The summed E-state index contributed by atoms with van der Waals surface area (Å²) in [6.45, 7) is 5.60. The molecule has 37 heavy (non-hydrogen) atoms. The first-order valence-corrected chi connectivity index (χ1v) is 13.5. The molecule has 202 valence electrons. The van der Waals surface area contributed by atoms with E-state index < -0.39 is 5.97 Å². The maximum atomic E-state index is 11.5. The van der Waals surface area contributed by atoms with Gasteiger partial charge in [0.1, 0.15) is 18.1 Å². The monoisotopic (exact) mass is 511 g/mol. The third kappa shape index (κ3) is 7.17. The minimum Gasteiger partial charge on any atom is -0.497 e. The highest BCUT2D eigenvalue weighted by Gasteiger charge is 2.34. The lowest BCUT2D eigenvalue weighted by atomic mass is 9.73. The van der Waals surface area contributed by atoms with Crippen LogP contribution in [-0.4, -0.2) is 57.7 Å². The van der Waals surface area contributed by atoms with Crippen LogP contribution in [0.25, 0.3) is 0 Å². The van der Waals surface area contributed by atoms with Gasteiger partial charge in [0.2, 0.25) is 0 Å². The van der Waals surface area contributed by atoms with Gasteiger partial charge in [-0.1, -0.05) is 25.1 Å². The fraction of sp³-hybridized carbons (Fsp3) is 0.567. The van der Waals surface area contributed by atoms with E-state index in [0.29, 0.717) is 25.6 Å². The molecule has 0 spiro atoms. The van der Waals surface area contributed by atoms with Crippen molar-refractivity contribution in [3.63, 3.8) is 0 Å². The van der Waals surface area contributed by atoms with Crippen LogP contribution in [0.2, 0.25) is 0 Å². The van der Waals surface area contributed by atoms with E-state index >= 15 is 0 Å². The van der Waals surface area contributed by atoms with Crippen molar-refractivity contribution in [2.24, 2.45) is 11.8 Å². The van der Waals surface area contributed by atoms with Gasteiger partial charge >= 0.3 is 5.97 Å². The van der Waals surface area contributed by atoms with Crippen LogP contribution in [0.4, 0.5) is 5.69 Å². The van der Waals surface area contributed by atoms with Gasteiger partial charge in [0, 0.05) is 26.2 Å². The molecule has 7 nitrogen and oxygen atoms in total. The van der Waals surface area contributed by atoms with Crippen LogP contribution in [0.5, 0.6) is 11.5 Å². The van der Waals surface area contributed by atoms with Crippen molar-refractivity contribution in [3.05, 3.63) is 53.6 Å². The normalized spacial score (nSPS) is 22.1. The Morgan fingerprint density at radius 1 is 1.16 bits per heavy atom. The number of carboxylic acid groups (broad SMARTS) is 1. The van der Waals surface area contributed by atoms with Gasteiger partial charge in [-0.25, -0.2) is 0 Å². The third-order valence-electron chi connectivity index (χ3n) is 7.77. The summed E-state index contributed by atoms with van der Waals surface area (Å²) in [6.07, 6.45) is 4.60. The SMILES string of the molecule is COCCCN1CCOc2ccc(CO[C@H]3CC[C@@H](CC(C)C(=O)O)C[C@@H]3c3ccc(OC)cc3)cc21. The quantitative estimate of drug-likeness (QED) is 0.377. The van der Waals surface area contributed by atoms with Crippen LogP contribution < -0.4 is 14.4 Å². The van der Waals surface area contributed by atoms with E-state index in [4.69, 9.17) is 18.9 Å². The average Bonchev–Trinajstić information content (AvgIpc) is 2.92. The van der Waals surface area contributed by atoms with Crippen molar-refractivity contribution in [2.75, 3.05) is 45.4 Å². The molecular formula is C30H41NO6. The van der Waals surface area contributed by atoms with Gasteiger partial charge in [-0.2, -0.15) is 0 Å². The molecule has 0 saturated heterocycles. The van der Waals surface area contributed by atoms with E-state index in [0.717, 1.165) is 68.1 Å². The second-order valence-corrected chi connectivity index (χ2v) is 10.4. The number of carboxylic acids is 1. The predicted molar refractivity (Wildman–Crippen MR) is 144 cm³/mol. The lowest BCUT2D eigenvalue weighted by molar-refractivity contribution is -0.141. The van der Waals surface area contributed by atoms with Gasteiger partial charge in [0.25, 0.3) is 0 Å². The smallest absolute Gasteiger partial charge is 0.306 e. The molecule has 0 amide bonds. The molecule has 1 aliphatic carbocycles. The molecular weight excluding hydrogens is 470 g/mol. The second kappa shape index (κ2) is 13.2. The van der Waals surface area contributed by atoms with Gasteiger partial charge < -0.3 is 29.0 Å².